The molecule has 0 bridgehead atoms. The second-order valence-corrected chi connectivity index (χ2v) is 4.98. The van der Waals surface area contributed by atoms with Crippen molar-refractivity contribution in [3.05, 3.63) is 53.4 Å². The molecule has 5 heteroatoms. The maximum absolute atomic E-state index is 5.98. The maximum atomic E-state index is 5.98. The van der Waals surface area contributed by atoms with Crippen molar-refractivity contribution < 1.29 is 0 Å². The van der Waals surface area contributed by atoms with E-state index in [1.807, 2.05) is 12.5 Å². The summed E-state index contributed by atoms with van der Waals surface area (Å²) < 4.78 is 2.08. The number of pyridine rings is 1. The molecule has 0 radical (unpaired) electrons. The Morgan fingerprint density at radius 3 is 2.94 bits per heavy atom. The summed E-state index contributed by atoms with van der Waals surface area (Å²) in [6.45, 7) is 0.807. The van der Waals surface area contributed by atoms with Gasteiger partial charge in [0.25, 0.3) is 0 Å². The molecule has 0 saturated heterocycles. The van der Waals surface area contributed by atoms with Crippen LogP contribution in [0.25, 0.3) is 11.3 Å². The molecule has 3 heterocycles. The first-order valence-corrected chi connectivity index (χ1v) is 6.45. The summed E-state index contributed by atoms with van der Waals surface area (Å²) in [4.78, 5) is 9.61. The van der Waals surface area contributed by atoms with Gasteiger partial charge in [-0.15, -0.1) is 11.3 Å². The minimum Gasteiger partial charge on any atom is -0.398 e. The molecule has 18 heavy (non-hydrogen) atoms. The van der Waals surface area contributed by atoms with Gasteiger partial charge in [0.15, 0.2) is 0 Å². The number of hydrogen-bond donors (Lipinski definition) is 1. The molecular weight excluding hydrogens is 244 g/mol. The van der Waals surface area contributed by atoms with Crippen LogP contribution in [-0.2, 0) is 6.54 Å². The molecule has 0 unspecified atom stereocenters. The zero-order valence-electron chi connectivity index (χ0n) is 9.65. The fourth-order valence-electron chi connectivity index (χ4n) is 1.86. The molecule has 0 aliphatic rings. The van der Waals surface area contributed by atoms with Crippen LogP contribution in [0, 0.1) is 0 Å². The van der Waals surface area contributed by atoms with E-state index in [9.17, 15) is 0 Å². The molecule has 0 aromatic carbocycles. The molecule has 2 N–H and O–H groups in total. The topological polar surface area (TPSA) is 56.7 Å². The Bertz CT molecular complexity index is 643. The van der Waals surface area contributed by atoms with E-state index in [1.165, 1.54) is 4.88 Å². The Morgan fingerprint density at radius 1 is 1.22 bits per heavy atom. The number of thiophene rings is 1. The quantitative estimate of drug-likeness (QED) is 0.783. The minimum atomic E-state index is 0.720. The first-order chi connectivity index (χ1) is 8.84. The van der Waals surface area contributed by atoms with Gasteiger partial charge in [-0.05, 0) is 17.5 Å². The predicted molar refractivity (Wildman–Crippen MR) is 73.3 cm³/mol. The lowest BCUT2D eigenvalue weighted by Gasteiger charge is -2.08. The van der Waals surface area contributed by atoms with Crippen LogP contribution in [0.5, 0.6) is 0 Å². The second-order valence-electron chi connectivity index (χ2n) is 3.95. The Balaban J connectivity index is 1.99. The van der Waals surface area contributed by atoms with Crippen LogP contribution in [0.2, 0.25) is 0 Å². The van der Waals surface area contributed by atoms with Crippen LogP contribution in [-0.4, -0.2) is 14.5 Å². The largest absolute Gasteiger partial charge is 0.398 e. The predicted octanol–water partition coefficient (Wildman–Crippen LogP) is 2.64. The third kappa shape index (κ3) is 2.00. The van der Waals surface area contributed by atoms with E-state index in [-0.39, 0.29) is 0 Å². The summed E-state index contributed by atoms with van der Waals surface area (Å²) in [6, 6.07) is 5.97. The Labute approximate surface area is 109 Å². The smallest absolute Gasteiger partial charge is 0.0954 e. The molecule has 4 nitrogen and oxygen atoms in total. The van der Waals surface area contributed by atoms with Crippen molar-refractivity contribution in [3.8, 4) is 11.3 Å². The summed E-state index contributed by atoms with van der Waals surface area (Å²) in [5, 5.41) is 2.07. The highest BCUT2D eigenvalue weighted by molar-refractivity contribution is 7.09. The third-order valence-corrected chi connectivity index (χ3v) is 3.61. The third-order valence-electron chi connectivity index (χ3n) is 2.75. The summed E-state index contributed by atoms with van der Waals surface area (Å²) in [5.74, 6) is 0. The highest BCUT2D eigenvalue weighted by Crippen LogP contribution is 2.25. The van der Waals surface area contributed by atoms with Gasteiger partial charge in [-0.3, -0.25) is 4.98 Å². The fourth-order valence-corrected chi connectivity index (χ4v) is 2.56. The zero-order valence-corrected chi connectivity index (χ0v) is 10.5. The van der Waals surface area contributed by atoms with Gasteiger partial charge in [0, 0.05) is 28.5 Å². The normalized spacial score (nSPS) is 10.7. The van der Waals surface area contributed by atoms with E-state index in [1.54, 1.807) is 29.8 Å². The van der Waals surface area contributed by atoms with E-state index < -0.39 is 0 Å². The summed E-state index contributed by atoms with van der Waals surface area (Å²) in [7, 11) is 0. The average molecular weight is 256 g/mol. The second kappa shape index (κ2) is 4.62. The first kappa shape index (κ1) is 11.0. The number of nitrogen functional groups attached to an aromatic ring is 1. The molecule has 3 aromatic rings. The van der Waals surface area contributed by atoms with Crippen LogP contribution in [0.3, 0.4) is 0 Å². The van der Waals surface area contributed by atoms with Crippen molar-refractivity contribution in [3.63, 3.8) is 0 Å². The number of imidazole rings is 1. The van der Waals surface area contributed by atoms with Crippen LogP contribution >= 0.6 is 11.3 Å². The lowest BCUT2D eigenvalue weighted by atomic mass is 10.2. The van der Waals surface area contributed by atoms with E-state index in [4.69, 9.17) is 5.73 Å². The molecular formula is C13H12N4S. The van der Waals surface area contributed by atoms with Crippen LogP contribution in [0.15, 0.2) is 48.5 Å². The summed E-state index contributed by atoms with van der Waals surface area (Å²) in [6.07, 6.45) is 7.11. The lowest BCUT2D eigenvalue weighted by molar-refractivity contribution is 0.817. The van der Waals surface area contributed by atoms with Gasteiger partial charge < -0.3 is 10.3 Å². The standard InChI is InChI=1S/C13H12N4S/c14-12-3-4-15-6-11(12)13-7-16-9-17(13)8-10-2-1-5-18-10/h1-7,9H,8H2,(H2,14,15). The highest BCUT2D eigenvalue weighted by atomic mass is 32.1. The highest BCUT2D eigenvalue weighted by Gasteiger charge is 2.09. The molecule has 0 aliphatic carbocycles. The number of aromatic nitrogens is 3. The van der Waals surface area contributed by atoms with Crippen molar-refractivity contribution in [2.24, 2.45) is 0 Å². The molecule has 0 aliphatic heterocycles. The number of nitrogens with zero attached hydrogens (tertiary/aromatic N) is 3. The number of rotatable bonds is 3. The molecule has 0 saturated carbocycles. The zero-order chi connectivity index (χ0) is 12.4. The first-order valence-electron chi connectivity index (χ1n) is 5.57. The van der Waals surface area contributed by atoms with Crippen molar-refractivity contribution in [2.75, 3.05) is 5.73 Å². The Kier molecular flexibility index (Phi) is 2.82. The average Bonchev–Trinajstić information content (AvgIpc) is 3.02. The Hall–Kier alpha value is -2.14. The van der Waals surface area contributed by atoms with Gasteiger partial charge in [-0.2, -0.15) is 0 Å². The number of anilines is 1. The molecule has 0 amide bonds. The van der Waals surface area contributed by atoms with Gasteiger partial charge in [0.1, 0.15) is 0 Å². The van der Waals surface area contributed by atoms with E-state index >= 15 is 0 Å². The van der Waals surface area contributed by atoms with Crippen molar-refractivity contribution in [1.82, 2.24) is 14.5 Å². The van der Waals surface area contributed by atoms with Gasteiger partial charge in [-0.1, -0.05) is 6.07 Å². The Morgan fingerprint density at radius 2 is 2.17 bits per heavy atom. The molecule has 3 rings (SSSR count). The van der Waals surface area contributed by atoms with Crippen LogP contribution in [0.4, 0.5) is 5.69 Å². The van der Waals surface area contributed by atoms with Crippen LogP contribution < -0.4 is 5.73 Å². The SMILES string of the molecule is Nc1ccncc1-c1cncn1Cc1cccs1. The molecule has 0 spiro atoms. The van der Waals surface area contributed by atoms with Gasteiger partial charge in [-0.25, -0.2) is 4.98 Å². The van der Waals surface area contributed by atoms with E-state index in [0.29, 0.717) is 0 Å². The fraction of sp³-hybridized carbons (Fsp3) is 0.0769. The minimum absolute atomic E-state index is 0.720. The van der Waals surface area contributed by atoms with E-state index in [0.717, 1.165) is 23.5 Å². The summed E-state index contributed by atoms with van der Waals surface area (Å²) >= 11 is 1.73. The van der Waals surface area contributed by atoms with Crippen LogP contribution in [0.1, 0.15) is 4.88 Å². The van der Waals surface area contributed by atoms with Crippen molar-refractivity contribution in [2.45, 2.75) is 6.54 Å². The number of hydrogen-bond acceptors (Lipinski definition) is 4. The summed E-state index contributed by atoms with van der Waals surface area (Å²) in [5.41, 5.74) is 8.61. The maximum Gasteiger partial charge on any atom is 0.0954 e. The van der Waals surface area contributed by atoms with Gasteiger partial charge in [0.05, 0.1) is 24.8 Å². The molecule has 0 fully saturated rings. The van der Waals surface area contributed by atoms with E-state index in [2.05, 4.69) is 32.0 Å². The number of nitrogens with two attached hydrogens (primary N) is 1. The van der Waals surface area contributed by atoms with Crippen molar-refractivity contribution in [1.29, 1.82) is 0 Å². The van der Waals surface area contributed by atoms with Crippen molar-refractivity contribution >= 4 is 17.0 Å². The molecule has 90 valence electrons. The molecule has 3 aromatic heterocycles. The lowest BCUT2D eigenvalue weighted by Crippen LogP contribution is -2.00. The van der Waals surface area contributed by atoms with Gasteiger partial charge >= 0.3 is 0 Å². The monoisotopic (exact) mass is 256 g/mol. The van der Waals surface area contributed by atoms with Gasteiger partial charge in [0.2, 0.25) is 0 Å². The molecule has 0 atom stereocenters.